The number of benzene rings is 2. The molecule has 0 bridgehead atoms. The number of aromatic hydroxyl groups is 1. The molecule has 0 aliphatic rings. The Kier molecular flexibility index (Phi) is 3.16. The van der Waals surface area contributed by atoms with E-state index in [1.807, 2.05) is 30.3 Å². The highest BCUT2D eigenvalue weighted by Crippen LogP contribution is 2.28. The summed E-state index contributed by atoms with van der Waals surface area (Å²) in [5.41, 5.74) is 3.32. The van der Waals surface area contributed by atoms with Crippen molar-refractivity contribution in [2.24, 2.45) is 0 Å². The first kappa shape index (κ1) is 12.9. The number of aromatic amines is 1. The average Bonchev–Trinajstić information content (AvgIpc) is 3.02. The van der Waals surface area contributed by atoms with E-state index in [1.54, 1.807) is 12.3 Å². The summed E-state index contributed by atoms with van der Waals surface area (Å²) in [7, 11) is 0. The molecule has 0 aliphatic heterocycles. The van der Waals surface area contributed by atoms with Gasteiger partial charge in [0.1, 0.15) is 11.3 Å². The van der Waals surface area contributed by atoms with Crippen LogP contribution in [0.4, 0.5) is 0 Å². The molecule has 1 aromatic heterocycles. The topological polar surface area (TPSA) is 86.2 Å². The highest BCUT2D eigenvalue weighted by Gasteiger charge is 2.11. The van der Waals surface area contributed by atoms with E-state index in [1.165, 1.54) is 12.1 Å². The van der Waals surface area contributed by atoms with E-state index in [4.69, 9.17) is 5.11 Å². The molecule has 0 spiro atoms. The molecular weight excluding hydrogens is 268 g/mol. The molecule has 0 fully saturated rings. The van der Waals surface area contributed by atoms with Gasteiger partial charge < -0.3 is 10.2 Å². The van der Waals surface area contributed by atoms with Crippen LogP contribution in [0.3, 0.4) is 0 Å². The second kappa shape index (κ2) is 5.13. The molecule has 0 unspecified atom stereocenters. The molecule has 3 aromatic rings. The van der Waals surface area contributed by atoms with Gasteiger partial charge in [-0.1, -0.05) is 24.3 Å². The minimum Gasteiger partial charge on any atom is -0.507 e. The van der Waals surface area contributed by atoms with Crippen molar-refractivity contribution in [1.29, 1.82) is 0 Å². The van der Waals surface area contributed by atoms with Crippen molar-refractivity contribution < 1.29 is 15.0 Å². The SMILES string of the molecule is O=C(O)c1cc(-c2cccc(-c3ccn[nH]3)c2)ccc1O. The van der Waals surface area contributed by atoms with E-state index in [9.17, 15) is 9.90 Å². The second-order valence-electron chi connectivity index (χ2n) is 4.59. The van der Waals surface area contributed by atoms with Crippen molar-refractivity contribution in [3.8, 4) is 28.1 Å². The number of rotatable bonds is 3. The lowest BCUT2D eigenvalue weighted by atomic mass is 9.99. The molecule has 21 heavy (non-hydrogen) atoms. The molecule has 0 atom stereocenters. The first-order chi connectivity index (χ1) is 10.1. The maximum atomic E-state index is 11.1. The van der Waals surface area contributed by atoms with Crippen LogP contribution in [0.1, 0.15) is 10.4 Å². The Bertz CT molecular complexity index is 795. The van der Waals surface area contributed by atoms with Gasteiger partial charge in [-0.05, 0) is 35.4 Å². The van der Waals surface area contributed by atoms with Crippen LogP contribution in [-0.4, -0.2) is 26.4 Å². The smallest absolute Gasteiger partial charge is 0.339 e. The van der Waals surface area contributed by atoms with E-state index in [2.05, 4.69) is 10.2 Å². The maximum Gasteiger partial charge on any atom is 0.339 e. The van der Waals surface area contributed by atoms with Crippen LogP contribution in [-0.2, 0) is 0 Å². The molecule has 5 nitrogen and oxygen atoms in total. The number of phenols is 1. The molecule has 0 radical (unpaired) electrons. The summed E-state index contributed by atoms with van der Waals surface area (Å²) in [6.07, 6.45) is 1.67. The lowest BCUT2D eigenvalue weighted by Gasteiger charge is -2.07. The zero-order chi connectivity index (χ0) is 14.8. The van der Waals surface area contributed by atoms with Crippen molar-refractivity contribution >= 4 is 5.97 Å². The first-order valence-electron chi connectivity index (χ1n) is 6.31. The summed E-state index contributed by atoms with van der Waals surface area (Å²) in [6, 6.07) is 14.1. The summed E-state index contributed by atoms with van der Waals surface area (Å²) in [4.78, 5) is 11.1. The molecule has 0 saturated heterocycles. The molecule has 0 saturated carbocycles. The number of nitrogens with zero attached hydrogens (tertiary/aromatic N) is 1. The number of aromatic carboxylic acids is 1. The number of hydrogen-bond acceptors (Lipinski definition) is 3. The van der Waals surface area contributed by atoms with Crippen molar-refractivity contribution in [2.45, 2.75) is 0 Å². The fraction of sp³-hybridized carbons (Fsp3) is 0. The van der Waals surface area contributed by atoms with Crippen LogP contribution in [0.5, 0.6) is 5.75 Å². The van der Waals surface area contributed by atoms with Crippen LogP contribution in [0, 0.1) is 0 Å². The third kappa shape index (κ3) is 2.49. The van der Waals surface area contributed by atoms with E-state index in [0.29, 0.717) is 0 Å². The highest BCUT2D eigenvalue weighted by molar-refractivity contribution is 5.92. The highest BCUT2D eigenvalue weighted by atomic mass is 16.4. The molecule has 0 amide bonds. The van der Waals surface area contributed by atoms with Crippen molar-refractivity contribution in [3.05, 3.63) is 60.3 Å². The molecule has 2 aromatic carbocycles. The molecular formula is C16H12N2O3. The van der Waals surface area contributed by atoms with E-state index in [0.717, 1.165) is 22.4 Å². The number of hydrogen-bond donors (Lipinski definition) is 3. The van der Waals surface area contributed by atoms with Gasteiger partial charge in [0.25, 0.3) is 0 Å². The molecule has 3 rings (SSSR count). The van der Waals surface area contributed by atoms with Crippen LogP contribution >= 0.6 is 0 Å². The summed E-state index contributed by atoms with van der Waals surface area (Å²) < 4.78 is 0. The van der Waals surface area contributed by atoms with Crippen LogP contribution in [0.2, 0.25) is 0 Å². The van der Waals surface area contributed by atoms with E-state index < -0.39 is 5.97 Å². The average molecular weight is 280 g/mol. The van der Waals surface area contributed by atoms with Gasteiger partial charge in [0.15, 0.2) is 0 Å². The lowest BCUT2D eigenvalue weighted by molar-refractivity contribution is 0.0694. The number of carboxylic acids is 1. The van der Waals surface area contributed by atoms with Crippen LogP contribution in [0.25, 0.3) is 22.4 Å². The van der Waals surface area contributed by atoms with Gasteiger partial charge in [-0.15, -0.1) is 0 Å². The van der Waals surface area contributed by atoms with Gasteiger partial charge in [-0.3, -0.25) is 5.10 Å². The normalized spacial score (nSPS) is 10.5. The minimum atomic E-state index is -1.15. The molecule has 104 valence electrons. The third-order valence-corrected chi connectivity index (χ3v) is 3.23. The second-order valence-corrected chi connectivity index (χ2v) is 4.59. The van der Waals surface area contributed by atoms with Crippen molar-refractivity contribution in [3.63, 3.8) is 0 Å². The summed E-state index contributed by atoms with van der Waals surface area (Å²) >= 11 is 0. The molecule has 3 N–H and O–H groups in total. The van der Waals surface area contributed by atoms with Gasteiger partial charge in [0.2, 0.25) is 0 Å². The number of aromatic nitrogens is 2. The predicted molar refractivity (Wildman–Crippen MR) is 78.1 cm³/mol. The molecule has 1 heterocycles. The first-order valence-corrected chi connectivity index (χ1v) is 6.31. The number of H-pyrrole nitrogens is 1. The summed E-state index contributed by atoms with van der Waals surface area (Å²) in [5, 5.41) is 25.4. The van der Waals surface area contributed by atoms with Gasteiger partial charge in [-0.25, -0.2) is 4.79 Å². The zero-order valence-corrected chi connectivity index (χ0v) is 10.9. The zero-order valence-electron chi connectivity index (χ0n) is 10.9. The van der Waals surface area contributed by atoms with Gasteiger partial charge in [-0.2, -0.15) is 5.10 Å². The Morgan fingerprint density at radius 1 is 1.00 bits per heavy atom. The third-order valence-electron chi connectivity index (χ3n) is 3.23. The summed E-state index contributed by atoms with van der Waals surface area (Å²) in [5.74, 6) is -1.39. The number of nitrogens with one attached hydrogen (secondary N) is 1. The number of carbonyl (C=O) groups is 1. The Labute approximate surface area is 120 Å². The fourth-order valence-electron chi connectivity index (χ4n) is 2.17. The standard InChI is InChI=1S/C16H12N2O3/c19-15-5-4-11(9-13(15)16(20)21)10-2-1-3-12(8-10)14-6-7-17-18-14/h1-9,19H,(H,17,18)(H,20,21). The quantitative estimate of drug-likeness (QED) is 0.688. The predicted octanol–water partition coefficient (Wildman–Crippen LogP) is 3.15. The van der Waals surface area contributed by atoms with Crippen molar-refractivity contribution in [2.75, 3.05) is 0 Å². The Hall–Kier alpha value is -3.08. The summed E-state index contributed by atoms with van der Waals surface area (Å²) in [6.45, 7) is 0. The Morgan fingerprint density at radius 2 is 1.76 bits per heavy atom. The maximum absolute atomic E-state index is 11.1. The van der Waals surface area contributed by atoms with E-state index >= 15 is 0 Å². The van der Waals surface area contributed by atoms with Gasteiger partial charge in [0.05, 0.1) is 5.69 Å². The molecule has 0 aliphatic carbocycles. The minimum absolute atomic E-state index is 0.112. The monoisotopic (exact) mass is 280 g/mol. The van der Waals surface area contributed by atoms with Crippen LogP contribution < -0.4 is 0 Å². The Morgan fingerprint density at radius 3 is 2.48 bits per heavy atom. The number of carboxylic acid groups (broad SMARTS) is 1. The largest absolute Gasteiger partial charge is 0.507 e. The lowest BCUT2D eigenvalue weighted by Crippen LogP contribution is -1.97. The van der Waals surface area contributed by atoms with Crippen molar-refractivity contribution in [1.82, 2.24) is 10.2 Å². The van der Waals surface area contributed by atoms with Crippen LogP contribution in [0.15, 0.2) is 54.7 Å². The van der Waals surface area contributed by atoms with Gasteiger partial charge in [0, 0.05) is 11.8 Å². The fourth-order valence-corrected chi connectivity index (χ4v) is 2.17. The van der Waals surface area contributed by atoms with Gasteiger partial charge >= 0.3 is 5.97 Å². The Balaban J connectivity index is 2.07. The van der Waals surface area contributed by atoms with E-state index in [-0.39, 0.29) is 11.3 Å². The molecule has 5 heteroatoms.